The lowest BCUT2D eigenvalue weighted by atomic mass is 10.1. The monoisotopic (exact) mass is 220 g/mol. The predicted molar refractivity (Wildman–Crippen MR) is 66.2 cm³/mol. The Bertz CT molecular complexity index is 350. The maximum atomic E-state index is 11.5. The van der Waals surface area contributed by atoms with Gasteiger partial charge in [0.25, 0.3) is 0 Å². The van der Waals surface area contributed by atoms with Crippen molar-refractivity contribution in [1.29, 1.82) is 0 Å². The van der Waals surface area contributed by atoms with Crippen LogP contribution in [-0.2, 0) is 11.2 Å². The summed E-state index contributed by atoms with van der Waals surface area (Å²) >= 11 is 0. The van der Waals surface area contributed by atoms with Gasteiger partial charge in [-0.2, -0.15) is 0 Å². The van der Waals surface area contributed by atoms with Crippen molar-refractivity contribution in [3.8, 4) is 0 Å². The maximum Gasteiger partial charge on any atom is 0.220 e. The molecule has 88 valence electrons. The number of hydrogen-bond donors (Lipinski definition) is 2. The Balaban J connectivity index is 2.37. The predicted octanol–water partition coefficient (Wildman–Crippen LogP) is 1.39. The highest BCUT2D eigenvalue weighted by molar-refractivity contribution is 5.76. The van der Waals surface area contributed by atoms with Crippen LogP contribution < -0.4 is 11.1 Å². The highest BCUT2D eigenvalue weighted by atomic mass is 16.1. The second-order valence-corrected chi connectivity index (χ2v) is 4.19. The van der Waals surface area contributed by atoms with Gasteiger partial charge in [0, 0.05) is 19.0 Å². The quantitative estimate of drug-likeness (QED) is 0.788. The Morgan fingerprint density at radius 2 is 2.25 bits per heavy atom. The van der Waals surface area contributed by atoms with E-state index >= 15 is 0 Å². The van der Waals surface area contributed by atoms with Crippen molar-refractivity contribution in [2.75, 3.05) is 6.54 Å². The van der Waals surface area contributed by atoms with Gasteiger partial charge in [-0.15, -0.1) is 0 Å². The average molecular weight is 220 g/mol. The molecule has 1 aromatic rings. The topological polar surface area (TPSA) is 55.1 Å². The molecule has 3 N–H and O–H groups in total. The maximum absolute atomic E-state index is 11.5. The molecule has 0 aliphatic carbocycles. The van der Waals surface area contributed by atoms with E-state index in [2.05, 4.69) is 24.4 Å². The minimum absolute atomic E-state index is 0.0602. The van der Waals surface area contributed by atoms with Crippen LogP contribution in [0.1, 0.15) is 24.5 Å². The summed E-state index contributed by atoms with van der Waals surface area (Å²) in [5.74, 6) is 0.0689. The van der Waals surface area contributed by atoms with E-state index in [4.69, 9.17) is 5.73 Å². The molecule has 0 saturated carbocycles. The van der Waals surface area contributed by atoms with Gasteiger partial charge in [0.2, 0.25) is 5.91 Å². The lowest BCUT2D eigenvalue weighted by Gasteiger charge is -2.11. The molecule has 0 heterocycles. The lowest BCUT2D eigenvalue weighted by Crippen LogP contribution is -2.37. The van der Waals surface area contributed by atoms with Gasteiger partial charge in [-0.25, -0.2) is 0 Å². The molecular weight excluding hydrogens is 200 g/mol. The van der Waals surface area contributed by atoms with Gasteiger partial charge < -0.3 is 11.1 Å². The van der Waals surface area contributed by atoms with E-state index in [-0.39, 0.29) is 11.9 Å². The zero-order valence-electron chi connectivity index (χ0n) is 9.99. The molecule has 1 atom stereocenters. The minimum atomic E-state index is 0.0602. The number of hydrogen-bond acceptors (Lipinski definition) is 2. The van der Waals surface area contributed by atoms with Gasteiger partial charge in [-0.3, -0.25) is 4.79 Å². The van der Waals surface area contributed by atoms with Gasteiger partial charge in [0.15, 0.2) is 0 Å². The van der Waals surface area contributed by atoms with Crippen molar-refractivity contribution in [2.24, 2.45) is 5.73 Å². The number of rotatable bonds is 5. The molecule has 0 aliphatic heterocycles. The number of aryl methyl sites for hydroxylation is 2. The Hall–Kier alpha value is -1.35. The number of benzene rings is 1. The zero-order chi connectivity index (χ0) is 12.0. The van der Waals surface area contributed by atoms with E-state index in [1.165, 1.54) is 11.1 Å². The summed E-state index contributed by atoms with van der Waals surface area (Å²) in [5, 5.41) is 2.85. The molecular formula is C13H20N2O. The fraction of sp³-hybridized carbons (Fsp3) is 0.462. The first kappa shape index (κ1) is 12.7. The summed E-state index contributed by atoms with van der Waals surface area (Å²) < 4.78 is 0. The highest BCUT2D eigenvalue weighted by Gasteiger charge is 2.05. The second-order valence-electron chi connectivity index (χ2n) is 4.19. The molecule has 1 rings (SSSR count). The van der Waals surface area contributed by atoms with Crippen LogP contribution in [-0.4, -0.2) is 18.5 Å². The molecule has 0 fully saturated rings. The van der Waals surface area contributed by atoms with Gasteiger partial charge in [-0.05, 0) is 25.8 Å². The average Bonchev–Trinajstić information content (AvgIpc) is 2.26. The van der Waals surface area contributed by atoms with Crippen molar-refractivity contribution in [2.45, 2.75) is 32.7 Å². The molecule has 0 aliphatic rings. The lowest BCUT2D eigenvalue weighted by molar-refractivity contribution is -0.121. The minimum Gasteiger partial charge on any atom is -0.352 e. The van der Waals surface area contributed by atoms with Crippen molar-refractivity contribution in [3.63, 3.8) is 0 Å². The number of nitrogens with two attached hydrogens (primary N) is 1. The van der Waals surface area contributed by atoms with E-state index in [0.717, 1.165) is 6.42 Å². The van der Waals surface area contributed by atoms with Crippen LogP contribution in [0.4, 0.5) is 0 Å². The molecule has 1 amide bonds. The molecule has 0 bridgehead atoms. The highest BCUT2D eigenvalue weighted by Crippen LogP contribution is 2.06. The van der Waals surface area contributed by atoms with Crippen LogP contribution in [0.25, 0.3) is 0 Å². The van der Waals surface area contributed by atoms with E-state index in [1.807, 2.05) is 19.1 Å². The molecule has 0 aromatic heterocycles. The fourth-order valence-corrected chi connectivity index (χ4v) is 1.53. The fourth-order valence-electron chi connectivity index (χ4n) is 1.53. The first-order chi connectivity index (χ1) is 7.61. The molecule has 1 aromatic carbocycles. The summed E-state index contributed by atoms with van der Waals surface area (Å²) in [5.41, 5.74) is 7.87. The standard InChI is InChI=1S/C13H20N2O/c1-10-4-3-5-12(8-10)6-7-13(16)15-11(2)9-14/h3-5,8,11H,6-7,9,14H2,1-2H3,(H,15,16)/t11-/m1/s1. The molecule has 3 heteroatoms. The summed E-state index contributed by atoms with van der Waals surface area (Å²) in [6, 6.07) is 8.29. The summed E-state index contributed by atoms with van der Waals surface area (Å²) in [6.07, 6.45) is 1.30. The Morgan fingerprint density at radius 3 is 2.88 bits per heavy atom. The van der Waals surface area contributed by atoms with Gasteiger partial charge in [0.1, 0.15) is 0 Å². The second kappa shape index (κ2) is 6.28. The number of carbonyl (C=O) groups excluding carboxylic acids is 1. The van der Waals surface area contributed by atoms with Gasteiger partial charge in [0.05, 0.1) is 0 Å². The molecule has 16 heavy (non-hydrogen) atoms. The van der Waals surface area contributed by atoms with Gasteiger partial charge >= 0.3 is 0 Å². The van der Waals surface area contributed by atoms with Crippen LogP contribution in [0, 0.1) is 6.92 Å². The largest absolute Gasteiger partial charge is 0.352 e. The van der Waals surface area contributed by atoms with Crippen LogP contribution in [0.3, 0.4) is 0 Å². The third-order valence-electron chi connectivity index (χ3n) is 2.48. The van der Waals surface area contributed by atoms with Crippen molar-refractivity contribution >= 4 is 5.91 Å². The first-order valence-electron chi connectivity index (χ1n) is 5.67. The number of nitrogens with one attached hydrogen (secondary N) is 1. The Kier molecular flexibility index (Phi) is 4.99. The molecule has 0 saturated heterocycles. The summed E-state index contributed by atoms with van der Waals surface area (Å²) in [6.45, 7) is 4.45. The molecule has 0 spiro atoms. The normalized spacial score (nSPS) is 12.2. The molecule has 3 nitrogen and oxygen atoms in total. The van der Waals surface area contributed by atoms with E-state index in [9.17, 15) is 4.79 Å². The van der Waals surface area contributed by atoms with Crippen LogP contribution in [0.2, 0.25) is 0 Å². The number of carbonyl (C=O) groups is 1. The third-order valence-corrected chi connectivity index (χ3v) is 2.48. The first-order valence-corrected chi connectivity index (χ1v) is 5.67. The van der Waals surface area contributed by atoms with Gasteiger partial charge in [-0.1, -0.05) is 29.8 Å². The summed E-state index contributed by atoms with van der Waals surface area (Å²) in [7, 11) is 0. The Labute approximate surface area is 97.0 Å². The van der Waals surface area contributed by atoms with E-state index in [0.29, 0.717) is 13.0 Å². The van der Waals surface area contributed by atoms with Crippen LogP contribution in [0.5, 0.6) is 0 Å². The van der Waals surface area contributed by atoms with Crippen LogP contribution in [0.15, 0.2) is 24.3 Å². The Morgan fingerprint density at radius 1 is 1.50 bits per heavy atom. The zero-order valence-corrected chi connectivity index (χ0v) is 9.99. The number of amides is 1. The molecule has 0 unspecified atom stereocenters. The van der Waals surface area contributed by atoms with Crippen molar-refractivity contribution in [1.82, 2.24) is 5.32 Å². The van der Waals surface area contributed by atoms with Crippen molar-refractivity contribution < 1.29 is 4.79 Å². The van der Waals surface area contributed by atoms with E-state index in [1.54, 1.807) is 0 Å². The van der Waals surface area contributed by atoms with Crippen molar-refractivity contribution in [3.05, 3.63) is 35.4 Å². The van der Waals surface area contributed by atoms with Crippen LogP contribution >= 0.6 is 0 Å². The summed E-state index contributed by atoms with van der Waals surface area (Å²) in [4.78, 5) is 11.5. The van der Waals surface area contributed by atoms with E-state index < -0.39 is 0 Å². The third kappa shape index (κ3) is 4.45. The smallest absolute Gasteiger partial charge is 0.220 e. The molecule has 0 radical (unpaired) electrons. The SMILES string of the molecule is Cc1cccc(CCC(=O)N[C@H](C)CN)c1.